The van der Waals surface area contributed by atoms with Gasteiger partial charge in [-0.05, 0) is 77.0 Å². The van der Waals surface area contributed by atoms with E-state index in [1.54, 1.807) is 0 Å². The predicted molar refractivity (Wildman–Crippen MR) is 167 cm³/mol. The fraction of sp³-hybridized carbons (Fsp3) is 0. The Morgan fingerprint density at radius 1 is 0.425 bits per heavy atom. The van der Waals surface area contributed by atoms with Gasteiger partial charge in [-0.25, -0.2) is 0 Å². The summed E-state index contributed by atoms with van der Waals surface area (Å²) in [7, 11) is 0. The molecule has 0 saturated heterocycles. The highest BCUT2D eigenvalue weighted by Gasteiger charge is 2.19. The van der Waals surface area contributed by atoms with E-state index in [0.717, 1.165) is 11.3 Å². The minimum atomic E-state index is 1.12. The lowest BCUT2D eigenvalue weighted by Crippen LogP contribution is -1.95. The SMILES string of the molecule is c1ccc(-n2c3ccccc3c3cc(-n4c5cccc6ccc7cc(-c8cccnc8)cc4c7c65)ccc32)cc1. The monoisotopic (exact) mass is 509 g/mol. The highest BCUT2D eigenvalue weighted by molar-refractivity contribution is 6.25. The zero-order valence-corrected chi connectivity index (χ0v) is 21.6. The number of rotatable bonds is 3. The van der Waals surface area contributed by atoms with Gasteiger partial charge < -0.3 is 9.13 Å². The van der Waals surface area contributed by atoms with Crippen LogP contribution in [0, 0.1) is 0 Å². The molecule has 6 aromatic carbocycles. The smallest absolute Gasteiger partial charge is 0.0553 e. The van der Waals surface area contributed by atoms with Crippen molar-refractivity contribution in [1.29, 1.82) is 0 Å². The summed E-state index contributed by atoms with van der Waals surface area (Å²) in [6.07, 6.45) is 3.78. The van der Waals surface area contributed by atoms with E-state index in [9.17, 15) is 0 Å². The Balaban J connectivity index is 1.39. The lowest BCUT2D eigenvalue weighted by Gasteiger charge is -2.11. The molecule has 40 heavy (non-hydrogen) atoms. The molecule has 3 heteroatoms. The van der Waals surface area contributed by atoms with Crippen LogP contribution < -0.4 is 0 Å². The molecule has 3 heterocycles. The lowest BCUT2D eigenvalue weighted by atomic mass is 9.98. The van der Waals surface area contributed by atoms with Crippen LogP contribution in [0.15, 0.2) is 140 Å². The highest BCUT2D eigenvalue weighted by Crippen LogP contribution is 2.42. The maximum atomic E-state index is 4.40. The Labute approximate surface area is 230 Å². The van der Waals surface area contributed by atoms with Crippen molar-refractivity contribution in [2.24, 2.45) is 0 Å². The molecule has 3 nitrogen and oxygen atoms in total. The van der Waals surface area contributed by atoms with E-state index in [2.05, 4.69) is 135 Å². The predicted octanol–water partition coefficient (Wildman–Crippen LogP) is 9.53. The summed E-state index contributed by atoms with van der Waals surface area (Å²) < 4.78 is 4.81. The van der Waals surface area contributed by atoms with Crippen molar-refractivity contribution in [3.05, 3.63) is 140 Å². The molecule has 0 spiro atoms. The van der Waals surface area contributed by atoms with Crippen LogP contribution in [0.1, 0.15) is 0 Å². The van der Waals surface area contributed by atoms with Crippen molar-refractivity contribution in [1.82, 2.24) is 14.1 Å². The van der Waals surface area contributed by atoms with Crippen LogP contribution in [-0.2, 0) is 0 Å². The second-order valence-corrected chi connectivity index (χ2v) is 10.5. The molecule has 0 saturated carbocycles. The minimum Gasteiger partial charge on any atom is -0.309 e. The van der Waals surface area contributed by atoms with E-state index < -0.39 is 0 Å². The zero-order chi connectivity index (χ0) is 26.2. The molecular weight excluding hydrogens is 486 g/mol. The van der Waals surface area contributed by atoms with E-state index in [0.29, 0.717) is 0 Å². The molecule has 0 unspecified atom stereocenters. The molecular formula is C37H23N3. The Bertz CT molecular complexity index is 2360. The standard InChI is InChI=1S/C37H23N3/c1-2-10-28(11-3-1)39-32-13-5-4-12-30(32)31-22-29(17-18-33(31)39)40-34-14-6-8-24-15-16-25-20-27(26-9-7-19-38-23-26)21-35(40)37(25)36(24)34/h1-23H. The Morgan fingerprint density at radius 3 is 2.10 bits per heavy atom. The molecule has 3 aromatic heterocycles. The van der Waals surface area contributed by atoms with Crippen molar-refractivity contribution in [2.75, 3.05) is 0 Å². The lowest BCUT2D eigenvalue weighted by molar-refractivity contribution is 1.17. The first kappa shape index (κ1) is 21.5. The van der Waals surface area contributed by atoms with Gasteiger partial charge in [0.05, 0.1) is 22.1 Å². The van der Waals surface area contributed by atoms with Crippen LogP contribution in [0.3, 0.4) is 0 Å². The third-order valence-electron chi connectivity index (χ3n) is 8.32. The highest BCUT2D eigenvalue weighted by atomic mass is 15.0. The first-order valence-corrected chi connectivity index (χ1v) is 13.6. The normalized spacial score (nSPS) is 12.0. The summed E-state index contributed by atoms with van der Waals surface area (Å²) in [5, 5.41) is 7.66. The first-order chi connectivity index (χ1) is 19.8. The largest absolute Gasteiger partial charge is 0.309 e. The molecule has 0 atom stereocenters. The maximum Gasteiger partial charge on any atom is 0.0553 e. The molecule has 0 amide bonds. The van der Waals surface area contributed by atoms with Crippen LogP contribution in [0.4, 0.5) is 0 Å². The molecule has 186 valence electrons. The number of aromatic nitrogens is 3. The van der Waals surface area contributed by atoms with Gasteiger partial charge in [0.1, 0.15) is 0 Å². The Kier molecular flexibility index (Phi) is 4.33. The van der Waals surface area contributed by atoms with E-state index in [4.69, 9.17) is 0 Å². The summed E-state index contributed by atoms with van der Waals surface area (Å²) in [6.45, 7) is 0. The first-order valence-electron chi connectivity index (χ1n) is 13.6. The minimum absolute atomic E-state index is 1.12. The molecule has 0 radical (unpaired) electrons. The second-order valence-electron chi connectivity index (χ2n) is 10.5. The van der Waals surface area contributed by atoms with Gasteiger partial charge in [0.25, 0.3) is 0 Å². The fourth-order valence-corrected chi connectivity index (χ4v) is 6.63. The van der Waals surface area contributed by atoms with Crippen molar-refractivity contribution >= 4 is 54.4 Å². The number of hydrogen-bond donors (Lipinski definition) is 0. The van der Waals surface area contributed by atoms with Crippen molar-refractivity contribution in [3.8, 4) is 22.5 Å². The second kappa shape index (κ2) is 8.05. The molecule has 0 aliphatic rings. The molecule has 0 aliphatic heterocycles. The van der Waals surface area contributed by atoms with Crippen molar-refractivity contribution in [2.45, 2.75) is 0 Å². The third kappa shape index (κ3) is 2.92. The Hall–Kier alpha value is -5.41. The van der Waals surface area contributed by atoms with Crippen LogP contribution in [0.25, 0.3) is 76.9 Å². The summed E-state index contributed by atoms with van der Waals surface area (Å²) in [5.41, 5.74) is 9.51. The van der Waals surface area contributed by atoms with E-state index in [-0.39, 0.29) is 0 Å². The number of pyridine rings is 1. The Morgan fingerprint density at radius 2 is 1.20 bits per heavy atom. The number of nitrogens with zero attached hydrogens (tertiary/aromatic N) is 3. The number of para-hydroxylation sites is 2. The quantitative estimate of drug-likeness (QED) is 0.217. The molecule has 0 bridgehead atoms. The van der Waals surface area contributed by atoms with Crippen molar-refractivity contribution in [3.63, 3.8) is 0 Å². The van der Waals surface area contributed by atoms with Gasteiger partial charge in [0, 0.05) is 50.9 Å². The van der Waals surface area contributed by atoms with Gasteiger partial charge in [-0.15, -0.1) is 0 Å². The third-order valence-corrected chi connectivity index (χ3v) is 8.32. The van der Waals surface area contributed by atoms with Gasteiger partial charge in [0.2, 0.25) is 0 Å². The summed E-state index contributed by atoms with van der Waals surface area (Å²) in [4.78, 5) is 4.40. The number of benzene rings is 6. The zero-order valence-electron chi connectivity index (χ0n) is 21.6. The van der Waals surface area contributed by atoms with Gasteiger partial charge in [-0.1, -0.05) is 66.7 Å². The van der Waals surface area contributed by atoms with E-state index in [1.807, 2.05) is 18.5 Å². The van der Waals surface area contributed by atoms with Crippen LogP contribution in [-0.4, -0.2) is 14.1 Å². The molecule has 0 fully saturated rings. The van der Waals surface area contributed by atoms with Gasteiger partial charge in [-0.3, -0.25) is 4.98 Å². The molecule has 9 aromatic rings. The summed E-state index contributed by atoms with van der Waals surface area (Å²) >= 11 is 0. The number of fused-ring (bicyclic) bond motifs is 3. The van der Waals surface area contributed by atoms with Gasteiger partial charge in [-0.2, -0.15) is 0 Å². The van der Waals surface area contributed by atoms with Crippen molar-refractivity contribution < 1.29 is 0 Å². The van der Waals surface area contributed by atoms with Crippen LogP contribution in [0.5, 0.6) is 0 Å². The maximum absolute atomic E-state index is 4.40. The topological polar surface area (TPSA) is 22.8 Å². The van der Waals surface area contributed by atoms with E-state index >= 15 is 0 Å². The average molecular weight is 510 g/mol. The van der Waals surface area contributed by atoms with Gasteiger partial charge >= 0.3 is 0 Å². The average Bonchev–Trinajstić information content (AvgIpc) is 3.54. The van der Waals surface area contributed by atoms with Gasteiger partial charge in [0.15, 0.2) is 0 Å². The fourth-order valence-electron chi connectivity index (χ4n) is 6.63. The number of hydrogen-bond acceptors (Lipinski definition) is 1. The molecule has 0 aliphatic carbocycles. The van der Waals surface area contributed by atoms with Crippen LogP contribution in [0.2, 0.25) is 0 Å². The summed E-state index contributed by atoms with van der Waals surface area (Å²) in [5.74, 6) is 0. The molecule has 9 rings (SSSR count). The molecule has 0 N–H and O–H groups in total. The summed E-state index contributed by atoms with van der Waals surface area (Å²) in [6, 6.07) is 46.2. The van der Waals surface area contributed by atoms with Crippen LogP contribution >= 0.6 is 0 Å². The van der Waals surface area contributed by atoms with E-state index in [1.165, 1.54) is 65.6 Å².